The number of hydrogen-bond donors (Lipinski definition) is 1. The van der Waals surface area contributed by atoms with Gasteiger partial charge < -0.3 is 20.3 Å². The number of rotatable bonds is 3. The Morgan fingerprint density at radius 3 is 2.48 bits per heavy atom. The lowest BCUT2D eigenvalue weighted by Crippen LogP contribution is -2.54. The SMILES string of the molecule is CN1C(=O)[C@@H](N2c3cccc(-c4ccccc4)c3SC2C(N)=O)COc2ccccc21. The number of benzene rings is 3. The summed E-state index contributed by atoms with van der Waals surface area (Å²) < 4.78 is 6.01. The maximum atomic E-state index is 13.5. The molecule has 2 N–H and O–H groups in total. The van der Waals surface area contributed by atoms with E-state index < -0.39 is 17.3 Å². The second-order valence-corrected chi connectivity index (χ2v) is 8.58. The molecule has 2 aliphatic heterocycles. The summed E-state index contributed by atoms with van der Waals surface area (Å²) in [5, 5.41) is -0.702. The van der Waals surface area contributed by atoms with Gasteiger partial charge in [-0.3, -0.25) is 9.59 Å². The molecule has 0 radical (unpaired) electrons. The number of ether oxygens (including phenoxy) is 1. The Morgan fingerprint density at radius 1 is 1.00 bits per heavy atom. The van der Waals surface area contributed by atoms with Crippen LogP contribution in [0.2, 0.25) is 0 Å². The summed E-state index contributed by atoms with van der Waals surface area (Å²) in [6.45, 7) is 0.125. The Bertz CT molecular complexity index is 1170. The quantitative estimate of drug-likeness (QED) is 0.687. The molecule has 0 fully saturated rings. The van der Waals surface area contributed by atoms with E-state index in [-0.39, 0.29) is 12.5 Å². The summed E-state index contributed by atoms with van der Waals surface area (Å²) in [7, 11) is 1.73. The molecule has 2 amide bonds. The standard InChI is InChI=1S/C24H21N3O3S/c1-26-17-11-5-6-13-20(17)30-14-19(23(26)29)27-18-12-7-10-16(15-8-3-2-4-9-15)21(18)31-24(27)22(25)28/h2-13,19,24H,14H2,1H3,(H2,25,28)/t19-,24?/m0/s1. The first-order valence-corrected chi connectivity index (χ1v) is 10.9. The number of nitrogens with two attached hydrogens (primary N) is 1. The number of anilines is 2. The van der Waals surface area contributed by atoms with E-state index >= 15 is 0 Å². The zero-order valence-corrected chi connectivity index (χ0v) is 17.7. The third kappa shape index (κ3) is 3.21. The van der Waals surface area contributed by atoms with Gasteiger partial charge in [-0.25, -0.2) is 0 Å². The van der Waals surface area contributed by atoms with Gasteiger partial charge in [0, 0.05) is 11.9 Å². The van der Waals surface area contributed by atoms with Crippen molar-refractivity contribution in [3.63, 3.8) is 0 Å². The van der Waals surface area contributed by atoms with Gasteiger partial charge in [-0.05, 0) is 29.3 Å². The van der Waals surface area contributed by atoms with Crippen LogP contribution in [0.3, 0.4) is 0 Å². The smallest absolute Gasteiger partial charge is 0.253 e. The Kier molecular flexibility index (Phi) is 4.82. The highest BCUT2D eigenvalue weighted by Crippen LogP contribution is 2.49. The second-order valence-electron chi connectivity index (χ2n) is 7.49. The molecule has 3 aromatic rings. The van der Waals surface area contributed by atoms with Crippen LogP contribution in [0.1, 0.15) is 0 Å². The Balaban J connectivity index is 1.60. The van der Waals surface area contributed by atoms with Crippen molar-refractivity contribution in [3.05, 3.63) is 72.8 Å². The van der Waals surface area contributed by atoms with E-state index in [4.69, 9.17) is 10.5 Å². The van der Waals surface area contributed by atoms with Crippen LogP contribution in [0.25, 0.3) is 11.1 Å². The van der Waals surface area contributed by atoms with E-state index in [1.54, 1.807) is 11.9 Å². The van der Waals surface area contributed by atoms with Crippen molar-refractivity contribution in [3.8, 4) is 16.9 Å². The van der Waals surface area contributed by atoms with Gasteiger partial charge in [-0.15, -0.1) is 0 Å². The Hall–Kier alpha value is -3.45. The van der Waals surface area contributed by atoms with Crippen LogP contribution >= 0.6 is 11.8 Å². The van der Waals surface area contributed by atoms with E-state index in [1.807, 2.05) is 77.7 Å². The first kappa shape index (κ1) is 19.5. The highest BCUT2D eigenvalue weighted by Gasteiger charge is 2.44. The average molecular weight is 432 g/mol. The number of likely N-dealkylation sites (N-methyl/N-ethyl adjacent to an activating group) is 1. The van der Waals surface area contributed by atoms with Gasteiger partial charge in [0.1, 0.15) is 18.4 Å². The highest BCUT2D eigenvalue weighted by atomic mass is 32.2. The maximum Gasteiger partial charge on any atom is 0.253 e. The molecule has 1 unspecified atom stereocenters. The number of thioether (sulfide) groups is 1. The number of primary amides is 1. The summed E-state index contributed by atoms with van der Waals surface area (Å²) in [6, 6.07) is 22.6. The molecule has 0 aliphatic carbocycles. The molecule has 2 atom stereocenters. The highest BCUT2D eigenvalue weighted by molar-refractivity contribution is 8.01. The van der Waals surface area contributed by atoms with Crippen LogP contribution in [-0.2, 0) is 9.59 Å². The van der Waals surface area contributed by atoms with Crippen LogP contribution in [-0.4, -0.2) is 36.9 Å². The molecule has 7 heteroatoms. The lowest BCUT2D eigenvalue weighted by molar-refractivity contribution is -0.120. The van der Waals surface area contributed by atoms with E-state index in [1.165, 1.54) is 11.8 Å². The number of carbonyl (C=O) groups is 2. The lowest BCUT2D eigenvalue weighted by Gasteiger charge is -2.32. The fourth-order valence-corrected chi connectivity index (χ4v) is 5.48. The molecule has 2 heterocycles. The van der Waals surface area contributed by atoms with Crippen molar-refractivity contribution >= 4 is 35.0 Å². The van der Waals surface area contributed by atoms with Crippen molar-refractivity contribution in [2.24, 2.45) is 5.73 Å². The van der Waals surface area contributed by atoms with Crippen LogP contribution in [0, 0.1) is 0 Å². The molecule has 31 heavy (non-hydrogen) atoms. The zero-order valence-electron chi connectivity index (χ0n) is 16.9. The van der Waals surface area contributed by atoms with Crippen LogP contribution < -0.4 is 20.3 Å². The summed E-state index contributed by atoms with van der Waals surface area (Å²) in [5.74, 6) is 0.00812. The number of fused-ring (bicyclic) bond motifs is 2. The van der Waals surface area contributed by atoms with Gasteiger partial charge in [0.25, 0.3) is 11.8 Å². The fourth-order valence-electron chi connectivity index (χ4n) is 4.16. The number of nitrogens with zero attached hydrogens (tertiary/aromatic N) is 2. The number of para-hydroxylation sites is 2. The normalized spacial score (nSPS) is 20.0. The summed E-state index contributed by atoms with van der Waals surface area (Å²) >= 11 is 1.39. The van der Waals surface area contributed by atoms with Crippen molar-refractivity contribution in [1.82, 2.24) is 0 Å². The second kappa shape index (κ2) is 7.67. The molecule has 3 aromatic carbocycles. The lowest BCUT2D eigenvalue weighted by atomic mass is 10.0. The molecule has 0 saturated carbocycles. The molecular weight excluding hydrogens is 410 g/mol. The van der Waals surface area contributed by atoms with Crippen LogP contribution in [0.5, 0.6) is 5.75 Å². The minimum absolute atomic E-state index is 0.125. The van der Waals surface area contributed by atoms with Gasteiger partial charge in [0.2, 0.25) is 0 Å². The molecule has 0 aromatic heterocycles. The summed E-state index contributed by atoms with van der Waals surface area (Å²) in [5.41, 5.74) is 9.38. The Morgan fingerprint density at radius 2 is 1.71 bits per heavy atom. The van der Waals surface area contributed by atoms with Crippen molar-refractivity contribution in [2.75, 3.05) is 23.5 Å². The minimum Gasteiger partial charge on any atom is -0.489 e. The van der Waals surface area contributed by atoms with Crippen molar-refractivity contribution in [1.29, 1.82) is 0 Å². The van der Waals surface area contributed by atoms with Crippen LogP contribution in [0.15, 0.2) is 77.7 Å². The van der Waals surface area contributed by atoms with Gasteiger partial charge in [-0.2, -0.15) is 0 Å². The van der Waals surface area contributed by atoms with Gasteiger partial charge in [-0.1, -0.05) is 66.4 Å². The molecule has 5 rings (SSSR count). The van der Waals surface area contributed by atoms with E-state index in [2.05, 4.69) is 0 Å². The molecule has 2 aliphatic rings. The van der Waals surface area contributed by atoms with Gasteiger partial charge in [0.15, 0.2) is 5.37 Å². The van der Waals surface area contributed by atoms with Gasteiger partial charge >= 0.3 is 0 Å². The molecule has 0 bridgehead atoms. The molecule has 0 spiro atoms. The molecular formula is C24H21N3O3S. The van der Waals surface area contributed by atoms with Crippen molar-refractivity contribution < 1.29 is 14.3 Å². The van der Waals surface area contributed by atoms with Gasteiger partial charge in [0.05, 0.1) is 11.4 Å². The molecule has 0 saturated heterocycles. The van der Waals surface area contributed by atoms with Crippen molar-refractivity contribution in [2.45, 2.75) is 16.3 Å². The topological polar surface area (TPSA) is 75.9 Å². The average Bonchev–Trinajstić information content (AvgIpc) is 3.14. The summed E-state index contributed by atoms with van der Waals surface area (Å²) in [4.78, 5) is 30.3. The third-order valence-electron chi connectivity index (χ3n) is 5.66. The predicted molar refractivity (Wildman–Crippen MR) is 122 cm³/mol. The molecule has 156 valence electrons. The van der Waals surface area contributed by atoms with E-state index in [0.29, 0.717) is 11.4 Å². The first-order chi connectivity index (χ1) is 15.1. The zero-order chi connectivity index (χ0) is 21.5. The van der Waals surface area contributed by atoms with E-state index in [0.717, 1.165) is 21.7 Å². The predicted octanol–water partition coefficient (Wildman–Crippen LogP) is 3.50. The Labute approximate surface area is 184 Å². The largest absolute Gasteiger partial charge is 0.489 e. The minimum atomic E-state index is -0.702. The first-order valence-electron chi connectivity index (χ1n) is 9.98. The summed E-state index contributed by atoms with van der Waals surface area (Å²) in [6.07, 6.45) is 0. The number of carbonyl (C=O) groups excluding carboxylic acids is 2. The maximum absolute atomic E-state index is 13.5. The monoisotopic (exact) mass is 431 g/mol. The third-order valence-corrected chi connectivity index (χ3v) is 7.00. The van der Waals surface area contributed by atoms with E-state index in [9.17, 15) is 9.59 Å². The fraction of sp³-hybridized carbons (Fsp3) is 0.167. The van der Waals surface area contributed by atoms with Crippen LogP contribution in [0.4, 0.5) is 11.4 Å². The number of hydrogen-bond acceptors (Lipinski definition) is 5. The molecule has 6 nitrogen and oxygen atoms in total. The number of amides is 2.